The SMILES string of the molecule is C(#C[B-](C1CCCCC1)(C1CCCCC1)C1CCCCC1)C1CCCC1.[Li+]. The molecule has 0 aromatic rings. The van der Waals surface area contributed by atoms with Gasteiger partial charge in [0.25, 0.3) is 0 Å². The molecule has 0 amide bonds. The fourth-order valence-corrected chi connectivity index (χ4v) is 7.90. The molecule has 27 heavy (non-hydrogen) atoms. The van der Waals surface area contributed by atoms with Crippen LogP contribution in [-0.2, 0) is 0 Å². The summed E-state index contributed by atoms with van der Waals surface area (Å²) in [4.78, 5) is 0. The van der Waals surface area contributed by atoms with Gasteiger partial charge in [-0.3, -0.25) is 0 Å². The van der Waals surface area contributed by atoms with Gasteiger partial charge in [-0.15, -0.1) is 5.92 Å². The molecule has 0 heterocycles. The van der Waals surface area contributed by atoms with E-state index >= 15 is 0 Å². The van der Waals surface area contributed by atoms with Gasteiger partial charge in [0.1, 0.15) is 0 Å². The third kappa shape index (κ3) is 5.05. The Morgan fingerprint density at radius 3 is 1.15 bits per heavy atom. The standard InChI is InChI=1S/C25H42B.Li/c1-4-14-23(15-5-1)26(24-16-6-2-7-17-24,25-18-8-3-9-19-25)21-20-22-12-10-11-13-22;/h22-25H,1-19H2;/q-1;+1. The average molecular weight is 360 g/mol. The largest absolute Gasteiger partial charge is 1.00 e. The van der Waals surface area contributed by atoms with E-state index in [1.165, 1.54) is 122 Å². The molecular formula is C25H42BLi. The van der Waals surface area contributed by atoms with Gasteiger partial charge in [0.2, 0.25) is 0 Å². The van der Waals surface area contributed by atoms with Crippen molar-refractivity contribution in [2.75, 3.05) is 0 Å². The zero-order valence-electron chi connectivity index (χ0n) is 18.3. The molecule has 4 saturated carbocycles. The first-order valence-corrected chi connectivity index (χ1v) is 12.6. The van der Waals surface area contributed by atoms with Crippen molar-refractivity contribution in [3.8, 4) is 11.7 Å². The minimum Gasteiger partial charge on any atom is -0.314 e. The summed E-state index contributed by atoms with van der Waals surface area (Å²) < 4.78 is 0. The summed E-state index contributed by atoms with van der Waals surface area (Å²) in [5.74, 6) is 12.0. The first kappa shape index (κ1) is 21.9. The van der Waals surface area contributed by atoms with Gasteiger partial charge in [-0.25, -0.2) is 0 Å². The topological polar surface area (TPSA) is 0 Å². The van der Waals surface area contributed by atoms with Crippen molar-refractivity contribution in [2.24, 2.45) is 5.92 Å². The summed E-state index contributed by atoms with van der Waals surface area (Å²) in [6.45, 7) is 0. The van der Waals surface area contributed by atoms with Crippen LogP contribution in [0.5, 0.6) is 0 Å². The van der Waals surface area contributed by atoms with E-state index in [0.29, 0.717) is 0 Å². The molecule has 4 aliphatic rings. The molecule has 0 unspecified atom stereocenters. The zero-order valence-corrected chi connectivity index (χ0v) is 18.3. The monoisotopic (exact) mass is 360 g/mol. The van der Waals surface area contributed by atoms with Crippen molar-refractivity contribution in [3.63, 3.8) is 0 Å². The van der Waals surface area contributed by atoms with Gasteiger partial charge in [-0.2, -0.15) is 17.5 Å². The molecule has 0 N–H and O–H groups in total. The quantitative estimate of drug-likeness (QED) is 0.481. The Morgan fingerprint density at radius 1 is 0.444 bits per heavy atom. The summed E-state index contributed by atoms with van der Waals surface area (Å²) in [5, 5.41) is 0. The molecule has 146 valence electrons. The maximum Gasteiger partial charge on any atom is 1.00 e. The van der Waals surface area contributed by atoms with Gasteiger partial charge >= 0.3 is 18.9 Å². The van der Waals surface area contributed by atoms with Gasteiger partial charge < -0.3 is 5.82 Å². The van der Waals surface area contributed by atoms with Crippen LogP contribution in [0.2, 0.25) is 17.5 Å². The molecular weight excluding hydrogens is 318 g/mol. The smallest absolute Gasteiger partial charge is 0.314 e. The van der Waals surface area contributed by atoms with E-state index in [4.69, 9.17) is 0 Å². The predicted octanol–water partition coefficient (Wildman–Crippen LogP) is 5.17. The van der Waals surface area contributed by atoms with Crippen molar-refractivity contribution >= 4 is 6.15 Å². The molecule has 0 aromatic carbocycles. The zero-order chi connectivity index (χ0) is 17.7. The van der Waals surface area contributed by atoms with Crippen molar-refractivity contribution in [2.45, 2.75) is 139 Å². The van der Waals surface area contributed by atoms with Gasteiger partial charge in [-0.05, 0) is 12.8 Å². The average Bonchev–Trinajstić information content (AvgIpc) is 3.25. The van der Waals surface area contributed by atoms with Crippen molar-refractivity contribution in [1.29, 1.82) is 0 Å². The summed E-state index contributed by atoms with van der Waals surface area (Å²) in [5.41, 5.74) is 0. The van der Waals surface area contributed by atoms with Crippen LogP contribution < -0.4 is 18.9 Å². The third-order valence-corrected chi connectivity index (χ3v) is 9.18. The summed E-state index contributed by atoms with van der Waals surface area (Å²) in [7, 11) is 0. The maximum atomic E-state index is 4.30. The fourth-order valence-electron chi connectivity index (χ4n) is 7.90. The second-order valence-electron chi connectivity index (χ2n) is 10.5. The normalized spacial score (nSPS) is 27.0. The van der Waals surface area contributed by atoms with E-state index in [0.717, 1.165) is 23.4 Å². The Kier molecular flexibility index (Phi) is 8.80. The minimum absolute atomic E-state index is 0. The van der Waals surface area contributed by atoms with Gasteiger partial charge in [0.05, 0.1) is 6.15 Å². The first-order chi connectivity index (χ1) is 12.9. The van der Waals surface area contributed by atoms with E-state index in [1.54, 1.807) is 0 Å². The van der Waals surface area contributed by atoms with Crippen molar-refractivity contribution in [1.82, 2.24) is 0 Å². The first-order valence-electron chi connectivity index (χ1n) is 12.6. The Hall–Kier alpha value is 0.222. The number of hydrogen-bond acceptors (Lipinski definition) is 0. The molecule has 4 fully saturated rings. The van der Waals surface area contributed by atoms with E-state index < -0.39 is 6.15 Å². The fraction of sp³-hybridized carbons (Fsp3) is 0.920. The molecule has 0 nitrogen and oxygen atoms in total. The molecule has 0 bridgehead atoms. The van der Waals surface area contributed by atoms with Crippen LogP contribution in [0.1, 0.15) is 122 Å². The second kappa shape index (κ2) is 10.8. The molecule has 0 aromatic heterocycles. The summed E-state index contributed by atoms with van der Waals surface area (Å²) >= 11 is 0. The number of rotatable bonds is 3. The Morgan fingerprint density at radius 2 is 0.778 bits per heavy atom. The molecule has 0 spiro atoms. The van der Waals surface area contributed by atoms with Gasteiger partial charge in [-0.1, -0.05) is 109 Å². The van der Waals surface area contributed by atoms with Crippen LogP contribution in [0.3, 0.4) is 0 Å². The number of hydrogen-bond donors (Lipinski definition) is 0. The van der Waals surface area contributed by atoms with Crippen LogP contribution in [-0.4, -0.2) is 6.15 Å². The van der Waals surface area contributed by atoms with Crippen LogP contribution in [0.4, 0.5) is 0 Å². The molecule has 0 aliphatic heterocycles. The second-order valence-corrected chi connectivity index (χ2v) is 10.5. The van der Waals surface area contributed by atoms with E-state index in [2.05, 4.69) is 11.7 Å². The molecule has 4 rings (SSSR count). The van der Waals surface area contributed by atoms with Crippen LogP contribution >= 0.6 is 0 Å². The Bertz CT molecular complexity index is 435. The summed E-state index contributed by atoms with van der Waals surface area (Å²) in [6.07, 6.45) is 27.8. The van der Waals surface area contributed by atoms with Crippen molar-refractivity contribution in [3.05, 3.63) is 0 Å². The van der Waals surface area contributed by atoms with E-state index in [9.17, 15) is 0 Å². The third-order valence-electron chi connectivity index (χ3n) is 9.18. The Balaban J connectivity index is 0.00000210. The minimum atomic E-state index is -0.461. The predicted molar refractivity (Wildman–Crippen MR) is 116 cm³/mol. The summed E-state index contributed by atoms with van der Waals surface area (Å²) in [6, 6.07) is 0. The maximum absolute atomic E-state index is 4.30. The molecule has 4 aliphatic carbocycles. The van der Waals surface area contributed by atoms with E-state index in [1.807, 2.05) is 0 Å². The van der Waals surface area contributed by atoms with Crippen molar-refractivity contribution < 1.29 is 18.9 Å². The van der Waals surface area contributed by atoms with Crippen LogP contribution in [0.15, 0.2) is 0 Å². The van der Waals surface area contributed by atoms with Gasteiger partial charge in [0.15, 0.2) is 0 Å². The van der Waals surface area contributed by atoms with E-state index in [-0.39, 0.29) is 18.9 Å². The molecule has 0 saturated heterocycles. The molecule has 2 heteroatoms. The molecule has 0 radical (unpaired) electrons. The van der Waals surface area contributed by atoms with Gasteiger partial charge in [0, 0.05) is 5.92 Å². The van der Waals surface area contributed by atoms with Crippen LogP contribution in [0.25, 0.3) is 0 Å². The molecule has 0 atom stereocenters. The Labute approximate surface area is 181 Å². The van der Waals surface area contributed by atoms with Crippen LogP contribution in [0, 0.1) is 17.7 Å².